The minimum Gasteiger partial charge on any atom is -0.481 e. The second-order valence-electron chi connectivity index (χ2n) is 4.51. The fraction of sp³-hybridized carbons (Fsp3) is 0.462. The largest absolute Gasteiger partial charge is 0.481 e. The number of aromatic nitrogens is 4. The van der Waals surface area contributed by atoms with Crippen LogP contribution in [0.5, 0.6) is 5.88 Å². The Labute approximate surface area is 118 Å². The molecule has 2 rings (SSSR count). The second kappa shape index (κ2) is 6.97. The number of nitrogens with two attached hydrogens (primary N) is 1. The van der Waals surface area contributed by atoms with Crippen molar-refractivity contribution in [2.24, 2.45) is 5.84 Å². The molecule has 0 aliphatic rings. The number of hydrazine groups is 1. The predicted molar refractivity (Wildman–Crippen MR) is 74.9 cm³/mol. The van der Waals surface area contributed by atoms with Crippen LogP contribution in [0.2, 0.25) is 0 Å². The first-order chi connectivity index (χ1) is 9.78. The Kier molecular flexibility index (Phi) is 5.03. The summed E-state index contributed by atoms with van der Waals surface area (Å²) < 4.78 is 6.92. The van der Waals surface area contributed by atoms with E-state index >= 15 is 0 Å². The van der Waals surface area contributed by atoms with Gasteiger partial charge in [0.1, 0.15) is 0 Å². The molecule has 0 amide bonds. The number of rotatable bonds is 7. The summed E-state index contributed by atoms with van der Waals surface area (Å²) in [6.45, 7) is 2.93. The molecule has 1 atom stereocenters. The average molecular weight is 276 g/mol. The van der Waals surface area contributed by atoms with E-state index in [4.69, 9.17) is 10.6 Å². The first kappa shape index (κ1) is 14.4. The Morgan fingerprint density at radius 1 is 1.40 bits per heavy atom. The zero-order chi connectivity index (χ0) is 14.4. The molecule has 20 heavy (non-hydrogen) atoms. The third-order valence-corrected chi connectivity index (χ3v) is 3.09. The molecular weight excluding hydrogens is 256 g/mol. The Morgan fingerprint density at radius 3 is 2.85 bits per heavy atom. The molecule has 0 saturated carbocycles. The lowest BCUT2D eigenvalue weighted by atomic mass is 10.1. The van der Waals surface area contributed by atoms with Crippen molar-refractivity contribution in [1.29, 1.82) is 0 Å². The van der Waals surface area contributed by atoms with E-state index < -0.39 is 0 Å². The molecule has 0 aliphatic carbocycles. The average Bonchev–Trinajstić information content (AvgIpc) is 2.94. The Bertz CT molecular complexity index is 524. The molecule has 0 aromatic carbocycles. The summed E-state index contributed by atoms with van der Waals surface area (Å²) in [5.74, 6) is 6.27. The van der Waals surface area contributed by atoms with Gasteiger partial charge in [0.25, 0.3) is 0 Å². The second-order valence-corrected chi connectivity index (χ2v) is 4.51. The van der Waals surface area contributed by atoms with E-state index in [1.165, 1.54) is 0 Å². The van der Waals surface area contributed by atoms with E-state index in [0.717, 1.165) is 24.2 Å². The molecule has 2 aromatic heterocycles. The van der Waals surface area contributed by atoms with Crippen LogP contribution in [0.25, 0.3) is 0 Å². The highest BCUT2D eigenvalue weighted by Crippen LogP contribution is 2.18. The van der Waals surface area contributed by atoms with Crippen molar-refractivity contribution in [3.05, 3.63) is 35.8 Å². The first-order valence-corrected chi connectivity index (χ1v) is 6.62. The molecule has 0 bridgehead atoms. The van der Waals surface area contributed by atoms with Gasteiger partial charge in [0, 0.05) is 18.8 Å². The highest BCUT2D eigenvalue weighted by atomic mass is 16.5. The van der Waals surface area contributed by atoms with Crippen LogP contribution in [0.15, 0.2) is 24.5 Å². The van der Waals surface area contributed by atoms with Gasteiger partial charge in [-0.15, -0.1) is 5.10 Å². The molecule has 7 heteroatoms. The molecule has 7 nitrogen and oxygen atoms in total. The van der Waals surface area contributed by atoms with Crippen molar-refractivity contribution < 1.29 is 4.74 Å². The number of pyridine rings is 1. The molecule has 0 fully saturated rings. The monoisotopic (exact) mass is 276 g/mol. The smallest absolute Gasteiger partial charge is 0.212 e. The summed E-state index contributed by atoms with van der Waals surface area (Å²) in [7, 11) is 1.60. The van der Waals surface area contributed by atoms with E-state index in [-0.39, 0.29) is 6.04 Å². The number of methoxy groups -OCH3 is 1. The molecule has 0 spiro atoms. The molecule has 2 heterocycles. The minimum absolute atomic E-state index is 0.0493. The van der Waals surface area contributed by atoms with Gasteiger partial charge in [-0.05, 0) is 18.4 Å². The van der Waals surface area contributed by atoms with Crippen LogP contribution in [0.3, 0.4) is 0 Å². The molecule has 3 N–H and O–H groups in total. The van der Waals surface area contributed by atoms with Crippen molar-refractivity contribution in [2.45, 2.75) is 32.4 Å². The topological polar surface area (TPSA) is 90.9 Å². The van der Waals surface area contributed by atoms with Crippen LogP contribution in [0, 0.1) is 0 Å². The maximum atomic E-state index is 5.67. The van der Waals surface area contributed by atoms with Crippen LogP contribution in [0.1, 0.15) is 30.6 Å². The summed E-state index contributed by atoms with van der Waals surface area (Å²) in [6.07, 6.45) is 5.25. The third kappa shape index (κ3) is 3.31. The van der Waals surface area contributed by atoms with Gasteiger partial charge in [0.05, 0.1) is 25.0 Å². The number of aryl methyl sites for hydroxylation is 1. The maximum absolute atomic E-state index is 5.67. The van der Waals surface area contributed by atoms with Crippen molar-refractivity contribution in [3.63, 3.8) is 0 Å². The standard InChI is InChI=1S/C13H20N6O/c1-3-6-19-12(9-16-18-19)11(17-14)7-10-4-5-13(20-2)15-8-10/h4-5,8-9,11,17H,3,6-7,14H2,1-2H3. The van der Waals surface area contributed by atoms with E-state index in [1.807, 2.05) is 16.8 Å². The van der Waals surface area contributed by atoms with Gasteiger partial charge in [0.2, 0.25) is 5.88 Å². The molecule has 108 valence electrons. The van der Waals surface area contributed by atoms with Gasteiger partial charge in [-0.3, -0.25) is 11.3 Å². The quantitative estimate of drug-likeness (QED) is 0.575. The lowest BCUT2D eigenvalue weighted by Gasteiger charge is -2.16. The van der Waals surface area contributed by atoms with Gasteiger partial charge < -0.3 is 4.74 Å². The number of hydrogen-bond donors (Lipinski definition) is 2. The van der Waals surface area contributed by atoms with Crippen molar-refractivity contribution in [1.82, 2.24) is 25.4 Å². The van der Waals surface area contributed by atoms with Crippen LogP contribution in [-0.2, 0) is 13.0 Å². The molecule has 0 radical (unpaired) electrons. The Hall–Kier alpha value is -1.99. The molecular formula is C13H20N6O. The van der Waals surface area contributed by atoms with E-state index in [9.17, 15) is 0 Å². The van der Waals surface area contributed by atoms with Gasteiger partial charge in [0.15, 0.2) is 0 Å². The van der Waals surface area contributed by atoms with Gasteiger partial charge in [-0.1, -0.05) is 18.2 Å². The molecule has 0 saturated heterocycles. The highest BCUT2D eigenvalue weighted by Gasteiger charge is 2.16. The summed E-state index contributed by atoms with van der Waals surface area (Å²) in [5.41, 5.74) is 4.87. The van der Waals surface area contributed by atoms with Crippen LogP contribution >= 0.6 is 0 Å². The maximum Gasteiger partial charge on any atom is 0.212 e. The first-order valence-electron chi connectivity index (χ1n) is 6.62. The zero-order valence-electron chi connectivity index (χ0n) is 11.8. The van der Waals surface area contributed by atoms with Crippen LogP contribution < -0.4 is 16.0 Å². The van der Waals surface area contributed by atoms with Crippen molar-refractivity contribution in [2.75, 3.05) is 7.11 Å². The highest BCUT2D eigenvalue weighted by molar-refractivity contribution is 5.20. The number of nitrogens with zero attached hydrogens (tertiary/aromatic N) is 4. The fourth-order valence-corrected chi connectivity index (χ4v) is 2.06. The predicted octanol–water partition coefficient (Wildman–Crippen LogP) is 0.839. The van der Waals surface area contributed by atoms with Crippen LogP contribution in [-0.4, -0.2) is 27.1 Å². The summed E-state index contributed by atoms with van der Waals surface area (Å²) in [5, 5.41) is 8.04. The number of nitrogens with one attached hydrogen (secondary N) is 1. The van der Waals surface area contributed by atoms with Gasteiger partial charge >= 0.3 is 0 Å². The number of hydrogen-bond acceptors (Lipinski definition) is 6. The Morgan fingerprint density at radius 2 is 2.25 bits per heavy atom. The lowest BCUT2D eigenvalue weighted by molar-refractivity contribution is 0.397. The van der Waals surface area contributed by atoms with E-state index in [2.05, 4.69) is 27.6 Å². The van der Waals surface area contributed by atoms with Crippen molar-refractivity contribution >= 4 is 0 Å². The summed E-state index contributed by atoms with van der Waals surface area (Å²) in [4.78, 5) is 4.20. The SMILES string of the molecule is CCCn1nncc1C(Cc1ccc(OC)nc1)NN. The van der Waals surface area contributed by atoms with E-state index in [0.29, 0.717) is 12.3 Å². The Balaban J connectivity index is 2.13. The van der Waals surface area contributed by atoms with Crippen molar-refractivity contribution in [3.8, 4) is 5.88 Å². The summed E-state index contributed by atoms with van der Waals surface area (Å²) >= 11 is 0. The normalized spacial score (nSPS) is 12.3. The molecule has 1 unspecified atom stereocenters. The van der Waals surface area contributed by atoms with Gasteiger partial charge in [-0.25, -0.2) is 9.67 Å². The lowest BCUT2D eigenvalue weighted by Crippen LogP contribution is -2.31. The molecule has 2 aromatic rings. The zero-order valence-corrected chi connectivity index (χ0v) is 11.8. The third-order valence-electron chi connectivity index (χ3n) is 3.09. The van der Waals surface area contributed by atoms with Gasteiger partial charge in [-0.2, -0.15) is 0 Å². The molecule has 0 aliphatic heterocycles. The van der Waals surface area contributed by atoms with E-state index in [1.54, 1.807) is 19.5 Å². The fourth-order valence-electron chi connectivity index (χ4n) is 2.06. The summed E-state index contributed by atoms with van der Waals surface area (Å²) in [6, 6.07) is 3.76. The minimum atomic E-state index is -0.0493. The van der Waals surface area contributed by atoms with Crippen LogP contribution in [0.4, 0.5) is 0 Å². The number of ether oxygens (including phenoxy) is 1.